The van der Waals surface area contributed by atoms with E-state index in [0.717, 1.165) is 35.0 Å². The van der Waals surface area contributed by atoms with Crippen LogP contribution >= 0.6 is 11.3 Å². The number of nitriles is 1. The Kier molecular flexibility index (Phi) is 4.94. The van der Waals surface area contributed by atoms with Gasteiger partial charge in [-0.05, 0) is 43.6 Å². The normalized spacial score (nSPS) is 20.8. The third-order valence-electron chi connectivity index (χ3n) is 5.29. The number of halogens is 3. The van der Waals surface area contributed by atoms with E-state index >= 15 is 0 Å². The fourth-order valence-electron chi connectivity index (χ4n) is 4.03. The maximum atomic E-state index is 12.7. The van der Waals surface area contributed by atoms with Crippen molar-refractivity contribution >= 4 is 38.6 Å². The molecule has 0 unspecified atom stereocenters. The summed E-state index contributed by atoms with van der Waals surface area (Å²) in [5.74, 6) is -1.75. The number of esters is 1. The summed E-state index contributed by atoms with van der Waals surface area (Å²) in [6.07, 6.45) is -1.87. The van der Waals surface area contributed by atoms with E-state index in [-0.39, 0.29) is 17.8 Å². The molecule has 1 saturated carbocycles. The van der Waals surface area contributed by atoms with Gasteiger partial charge in [0.15, 0.2) is 11.9 Å². The van der Waals surface area contributed by atoms with Crippen molar-refractivity contribution in [2.75, 3.05) is 0 Å². The third-order valence-corrected chi connectivity index (χ3v) is 6.20. The largest absolute Gasteiger partial charge is 0.490 e. The minimum atomic E-state index is -5.07. The van der Waals surface area contributed by atoms with E-state index in [2.05, 4.69) is 20.8 Å². The minimum absolute atomic E-state index is 0.0342. The highest BCUT2D eigenvalue weighted by Crippen LogP contribution is 2.42. The highest BCUT2D eigenvalue weighted by molar-refractivity contribution is 7.18. The standard InChI is InChI=1S/C19H17F3N4O2S/c1-10(28-18(27)19(20,21)22)17-25-14-9-24-13-5-7-29-16(13)15(14)26(17)12-3-2-11(8-12)4-6-23/h5,7,9-12H,2-4,8H2,1H3/t10-,11+,12+/m1/s1. The van der Waals surface area contributed by atoms with Crippen LogP contribution in [0.25, 0.3) is 21.3 Å². The molecule has 3 aromatic rings. The van der Waals surface area contributed by atoms with Crippen molar-refractivity contribution in [3.63, 3.8) is 0 Å². The van der Waals surface area contributed by atoms with Gasteiger partial charge in [-0.15, -0.1) is 11.3 Å². The van der Waals surface area contributed by atoms with Gasteiger partial charge in [0.2, 0.25) is 0 Å². The van der Waals surface area contributed by atoms with Gasteiger partial charge in [0.1, 0.15) is 5.52 Å². The molecule has 29 heavy (non-hydrogen) atoms. The monoisotopic (exact) mass is 422 g/mol. The van der Waals surface area contributed by atoms with Gasteiger partial charge >= 0.3 is 12.1 Å². The molecule has 6 nitrogen and oxygen atoms in total. The fourth-order valence-corrected chi connectivity index (χ4v) is 4.92. The lowest BCUT2D eigenvalue weighted by Crippen LogP contribution is -2.27. The lowest BCUT2D eigenvalue weighted by Gasteiger charge is -2.21. The Morgan fingerprint density at radius 3 is 2.97 bits per heavy atom. The minimum Gasteiger partial charge on any atom is -0.448 e. The van der Waals surface area contributed by atoms with Gasteiger partial charge in [0.25, 0.3) is 0 Å². The summed E-state index contributed by atoms with van der Waals surface area (Å²) in [4.78, 5) is 20.2. The quantitative estimate of drug-likeness (QED) is 0.549. The number of ether oxygens (including phenoxy) is 1. The van der Waals surface area contributed by atoms with Crippen molar-refractivity contribution < 1.29 is 22.7 Å². The topological polar surface area (TPSA) is 80.8 Å². The van der Waals surface area contributed by atoms with Gasteiger partial charge in [-0.1, -0.05) is 0 Å². The maximum absolute atomic E-state index is 12.7. The average Bonchev–Trinajstić information content (AvgIpc) is 3.37. The van der Waals surface area contributed by atoms with Crippen LogP contribution in [0.15, 0.2) is 17.6 Å². The molecule has 0 aromatic carbocycles. The van der Waals surface area contributed by atoms with Crippen LogP contribution in [0.5, 0.6) is 0 Å². The number of rotatable bonds is 4. The Balaban J connectivity index is 1.81. The van der Waals surface area contributed by atoms with E-state index < -0.39 is 18.2 Å². The molecule has 4 rings (SSSR count). The number of carbonyl (C=O) groups is 1. The summed E-state index contributed by atoms with van der Waals surface area (Å²) in [7, 11) is 0. The smallest absolute Gasteiger partial charge is 0.448 e. The van der Waals surface area contributed by atoms with Crippen molar-refractivity contribution in [2.24, 2.45) is 5.92 Å². The molecule has 0 spiro atoms. The first kappa shape index (κ1) is 19.6. The number of fused-ring (bicyclic) bond motifs is 3. The van der Waals surface area contributed by atoms with Crippen molar-refractivity contribution in [3.8, 4) is 6.07 Å². The number of alkyl halides is 3. The number of imidazole rings is 1. The van der Waals surface area contributed by atoms with E-state index in [1.54, 1.807) is 6.20 Å². The van der Waals surface area contributed by atoms with Crippen LogP contribution in [0.4, 0.5) is 13.2 Å². The highest BCUT2D eigenvalue weighted by atomic mass is 32.1. The molecule has 0 bridgehead atoms. The summed E-state index contributed by atoms with van der Waals surface area (Å²) in [6.45, 7) is 1.39. The molecular weight excluding hydrogens is 405 g/mol. The molecule has 3 atom stereocenters. The molecule has 1 fully saturated rings. The molecule has 0 radical (unpaired) electrons. The average molecular weight is 422 g/mol. The maximum Gasteiger partial charge on any atom is 0.490 e. The summed E-state index contributed by atoms with van der Waals surface area (Å²) in [5, 5.41) is 10.9. The first-order valence-corrected chi connectivity index (χ1v) is 10.1. The number of pyridine rings is 1. The molecule has 3 aromatic heterocycles. The van der Waals surface area contributed by atoms with Gasteiger partial charge in [-0.25, -0.2) is 9.78 Å². The van der Waals surface area contributed by atoms with Crippen LogP contribution in [-0.4, -0.2) is 26.7 Å². The van der Waals surface area contributed by atoms with Crippen LogP contribution in [0.3, 0.4) is 0 Å². The van der Waals surface area contributed by atoms with E-state index in [1.165, 1.54) is 18.3 Å². The predicted molar refractivity (Wildman–Crippen MR) is 100 cm³/mol. The molecule has 1 aliphatic rings. The Hall–Kier alpha value is -2.67. The van der Waals surface area contributed by atoms with Gasteiger partial charge < -0.3 is 9.30 Å². The summed E-state index contributed by atoms with van der Waals surface area (Å²) < 4.78 is 45.6. The molecule has 10 heteroatoms. The van der Waals surface area contributed by atoms with E-state index in [1.807, 2.05) is 16.0 Å². The van der Waals surface area contributed by atoms with E-state index in [9.17, 15) is 18.0 Å². The van der Waals surface area contributed by atoms with Crippen LogP contribution in [0.2, 0.25) is 0 Å². The summed E-state index contributed by atoms with van der Waals surface area (Å²) in [5.41, 5.74) is 2.12. The second-order valence-corrected chi connectivity index (χ2v) is 8.12. The number of thiophene rings is 1. The Morgan fingerprint density at radius 2 is 2.24 bits per heavy atom. The van der Waals surface area contributed by atoms with Gasteiger partial charge in [0, 0.05) is 12.5 Å². The number of aromatic nitrogens is 3. The van der Waals surface area contributed by atoms with Crippen molar-refractivity contribution in [2.45, 2.75) is 50.9 Å². The first-order chi connectivity index (χ1) is 13.8. The van der Waals surface area contributed by atoms with Gasteiger partial charge in [-0.2, -0.15) is 18.4 Å². The molecule has 152 valence electrons. The first-order valence-electron chi connectivity index (χ1n) is 9.18. The van der Waals surface area contributed by atoms with E-state index in [4.69, 9.17) is 5.26 Å². The molecular formula is C19H17F3N4O2S. The third kappa shape index (κ3) is 3.55. The van der Waals surface area contributed by atoms with Gasteiger partial charge in [-0.3, -0.25) is 4.98 Å². The predicted octanol–water partition coefficient (Wildman–Crippen LogP) is 5.07. The zero-order valence-corrected chi connectivity index (χ0v) is 16.3. The van der Waals surface area contributed by atoms with Crippen LogP contribution in [-0.2, 0) is 9.53 Å². The van der Waals surface area contributed by atoms with Crippen LogP contribution < -0.4 is 0 Å². The molecule has 0 N–H and O–H groups in total. The molecule has 1 aliphatic carbocycles. The number of hydrogen-bond acceptors (Lipinski definition) is 6. The molecule has 0 aliphatic heterocycles. The van der Waals surface area contributed by atoms with E-state index in [0.29, 0.717) is 11.9 Å². The SMILES string of the molecule is C[C@@H](OC(=O)C(F)(F)F)c1nc2cnc3ccsc3c2n1[C@H]1CC[C@@H](CC#N)C1. The van der Waals surface area contributed by atoms with Crippen LogP contribution in [0.1, 0.15) is 50.6 Å². The number of nitrogens with zero attached hydrogens (tertiary/aromatic N) is 4. The lowest BCUT2D eigenvalue weighted by atomic mass is 10.1. The second-order valence-electron chi connectivity index (χ2n) is 7.21. The molecule has 3 heterocycles. The zero-order valence-electron chi connectivity index (χ0n) is 15.4. The zero-order chi connectivity index (χ0) is 20.8. The van der Waals surface area contributed by atoms with Crippen molar-refractivity contribution in [3.05, 3.63) is 23.5 Å². The van der Waals surface area contributed by atoms with Crippen molar-refractivity contribution in [1.29, 1.82) is 5.26 Å². The summed E-state index contributed by atoms with van der Waals surface area (Å²) >= 11 is 1.48. The Morgan fingerprint density at radius 1 is 1.45 bits per heavy atom. The second kappa shape index (κ2) is 7.30. The van der Waals surface area contributed by atoms with Gasteiger partial charge in [0.05, 0.1) is 28.0 Å². The number of hydrogen-bond donors (Lipinski definition) is 0. The summed E-state index contributed by atoms with van der Waals surface area (Å²) in [6, 6.07) is 4.03. The Labute approximate surface area is 167 Å². The Bertz CT molecular complexity index is 1110. The fraction of sp³-hybridized carbons (Fsp3) is 0.474. The number of carbonyl (C=O) groups excluding carboxylic acids is 1. The van der Waals surface area contributed by atoms with Crippen molar-refractivity contribution in [1.82, 2.24) is 14.5 Å². The van der Waals surface area contributed by atoms with Crippen LogP contribution in [0, 0.1) is 17.2 Å². The highest BCUT2D eigenvalue weighted by Gasteiger charge is 2.43. The lowest BCUT2D eigenvalue weighted by molar-refractivity contribution is -0.205. The molecule has 0 amide bonds. The molecule has 0 saturated heterocycles.